The summed E-state index contributed by atoms with van der Waals surface area (Å²) >= 11 is 0. The van der Waals surface area contributed by atoms with E-state index >= 15 is 0 Å². The highest BCUT2D eigenvalue weighted by Crippen LogP contribution is 1.98. The van der Waals surface area contributed by atoms with Crippen molar-refractivity contribution in [1.82, 2.24) is 0 Å². The quantitative estimate of drug-likeness (QED) is 0.541. The zero-order valence-electron chi connectivity index (χ0n) is 4.82. The molecule has 0 aromatic heterocycles. The van der Waals surface area contributed by atoms with Crippen molar-refractivity contribution in [2.45, 2.75) is 6.92 Å². The molecule has 0 unspecified atom stereocenters. The summed E-state index contributed by atoms with van der Waals surface area (Å²) in [5.74, 6) is -0.330. The third-order valence-corrected chi connectivity index (χ3v) is 0.606. The molecule has 0 saturated heterocycles. The first-order valence-electron chi connectivity index (χ1n) is 2.29. The number of hydrogen-bond donors (Lipinski definition) is 1. The fraction of sp³-hybridized carbons (Fsp3) is 0.333. The van der Waals surface area contributed by atoms with Gasteiger partial charge in [0.25, 0.3) is 0 Å². The molecule has 1 nitrogen and oxygen atoms in total. The Morgan fingerprint density at radius 1 is 1.88 bits per heavy atom. The van der Waals surface area contributed by atoms with Crippen molar-refractivity contribution in [2.24, 2.45) is 0 Å². The molecular weight excluding hydrogens is 107 g/mol. The zero-order chi connectivity index (χ0) is 6.57. The van der Waals surface area contributed by atoms with Gasteiger partial charge in [-0.1, -0.05) is 6.58 Å². The first kappa shape index (κ1) is 7.37. The number of aliphatic hydroxyl groups excluding tert-OH is 1. The maximum absolute atomic E-state index is 11.8. The molecule has 0 aromatic carbocycles. The van der Waals surface area contributed by atoms with E-state index in [0.717, 1.165) is 0 Å². The molecule has 0 aliphatic rings. The average Bonchev–Trinajstić information content (AvgIpc) is 1.65. The predicted octanol–water partition coefficient (Wildman–Crippen LogP) is 1.41. The van der Waals surface area contributed by atoms with Gasteiger partial charge in [-0.25, -0.2) is 4.39 Å². The minimum absolute atomic E-state index is 0.179. The van der Waals surface area contributed by atoms with Crippen LogP contribution in [-0.4, -0.2) is 11.7 Å². The van der Waals surface area contributed by atoms with Crippen LogP contribution >= 0.6 is 0 Å². The summed E-state index contributed by atoms with van der Waals surface area (Å²) in [6.07, 6.45) is 1.19. The normalized spacial score (nSPS) is 11.6. The van der Waals surface area contributed by atoms with Crippen LogP contribution in [-0.2, 0) is 0 Å². The highest BCUT2D eigenvalue weighted by molar-refractivity contribution is 5.15. The van der Waals surface area contributed by atoms with Crippen molar-refractivity contribution in [2.75, 3.05) is 6.61 Å². The van der Waals surface area contributed by atoms with Crippen molar-refractivity contribution >= 4 is 0 Å². The maximum Gasteiger partial charge on any atom is 0.0972 e. The Morgan fingerprint density at radius 3 is 2.50 bits per heavy atom. The van der Waals surface area contributed by atoms with Gasteiger partial charge in [0.15, 0.2) is 0 Å². The van der Waals surface area contributed by atoms with Crippen LogP contribution in [0.2, 0.25) is 0 Å². The number of aliphatic hydroxyl groups is 1. The summed E-state index contributed by atoms with van der Waals surface area (Å²) < 4.78 is 11.8. The fourth-order valence-corrected chi connectivity index (χ4v) is 0.327. The summed E-state index contributed by atoms with van der Waals surface area (Å²) in [5.41, 5.74) is 0.394. The number of halogens is 1. The molecule has 0 fully saturated rings. The molecule has 0 aliphatic carbocycles. The number of rotatable bonds is 2. The third kappa shape index (κ3) is 3.56. The Balaban J connectivity index is 3.70. The van der Waals surface area contributed by atoms with E-state index < -0.39 is 0 Å². The molecule has 0 heterocycles. The van der Waals surface area contributed by atoms with Crippen LogP contribution in [0, 0.1) is 0 Å². The van der Waals surface area contributed by atoms with E-state index in [1.807, 2.05) is 0 Å². The largest absolute Gasteiger partial charge is 0.392 e. The Hall–Kier alpha value is -0.630. The van der Waals surface area contributed by atoms with Crippen molar-refractivity contribution in [1.29, 1.82) is 0 Å². The van der Waals surface area contributed by atoms with Crippen LogP contribution in [0.3, 0.4) is 0 Å². The van der Waals surface area contributed by atoms with Crippen LogP contribution in [0.1, 0.15) is 6.92 Å². The average molecular weight is 116 g/mol. The molecule has 0 aliphatic heterocycles. The SMILES string of the molecule is C=C(/C=C(\C)F)CO. The Morgan fingerprint density at radius 2 is 2.38 bits per heavy atom. The highest BCUT2D eigenvalue weighted by atomic mass is 19.1. The topological polar surface area (TPSA) is 20.2 Å². The van der Waals surface area contributed by atoms with Gasteiger partial charge in [-0.2, -0.15) is 0 Å². The fourth-order valence-electron chi connectivity index (χ4n) is 0.327. The van der Waals surface area contributed by atoms with Crippen molar-refractivity contribution < 1.29 is 9.50 Å². The van der Waals surface area contributed by atoms with Gasteiger partial charge < -0.3 is 5.11 Å². The lowest BCUT2D eigenvalue weighted by Crippen LogP contribution is -1.82. The van der Waals surface area contributed by atoms with Crippen molar-refractivity contribution in [3.8, 4) is 0 Å². The smallest absolute Gasteiger partial charge is 0.0972 e. The zero-order valence-corrected chi connectivity index (χ0v) is 4.82. The maximum atomic E-state index is 11.8. The van der Waals surface area contributed by atoms with Gasteiger partial charge in [-0.3, -0.25) is 0 Å². The first-order chi connectivity index (χ1) is 3.66. The van der Waals surface area contributed by atoms with Crippen LogP contribution in [0.25, 0.3) is 0 Å². The van der Waals surface area contributed by atoms with Gasteiger partial charge in [0, 0.05) is 0 Å². The molecule has 0 spiro atoms. The summed E-state index contributed by atoms with van der Waals surface area (Å²) in [6, 6.07) is 0. The van der Waals surface area contributed by atoms with E-state index in [4.69, 9.17) is 5.11 Å². The standard InChI is InChI=1S/C6H9FO/c1-5(4-8)3-6(2)7/h3,8H,1,4H2,2H3/b6-3+. The molecule has 0 saturated carbocycles. The number of allylic oxidation sites excluding steroid dienone is 1. The lowest BCUT2D eigenvalue weighted by molar-refractivity contribution is 0.335. The molecule has 0 atom stereocenters. The van der Waals surface area contributed by atoms with E-state index in [-0.39, 0.29) is 12.4 Å². The Bertz CT molecular complexity index is 112. The molecular formula is C6H9FO. The second-order valence-corrected chi connectivity index (χ2v) is 1.55. The predicted molar refractivity (Wildman–Crippen MR) is 31.1 cm³/mol. The molecule has 1 N–H and O–H groups in total. The van der Waals surface area contributed by atoms with Crippen molar-refractivity contribution in [3.05, 3.63) is 24.1 Å². The highest BCUT2D eigenvalue weighted by Gasteiger charge is 1.84. The lowest BCUT2D eigenvalue weighted by atomic mass is 10.3. The van der Waals surface area contributed by atoms with E-state index in [0.29, 0.717) is 5.57 Å². The van der Waals surface area contributed by atoms with Crippen LogP contribution in [0.5, 0.6) is 0 Å². The van der Waals surface area contributed by atoms with Crippen molar-refractivity contribution in [3.63, 3.8) is 0 Å². The molecule has 0 aromatic rings. The van der Waals surface area contributed by atoms with Crippen LogP contribution in [0.4, 0.5) is 4.39 Å². The molecule has 46 valence electrons. The Labute approximate surface area is 48.1 Å². The van der Waals surface area contributed by atoms with E-state index in [2.05, 4.69) is 6.58 Å². The minimum Gasteiger partial charge on any atom is -0.392 e. The molecule has 0 amide bonds. The third-order valence-electron chi connectivity index (χ3n) is 0.606. The summed E-state index contributed by atoms with van der Waals surface area (Å²) in [5, 5.41) is 8.27. The van der Waals surface area contributed by atoms with E-state index in [1.165, 1.54) is 13.0 Å². The van der Waals surface area contributed by atoms with E-state index in [9.17, 15) is 4.39 Å². The molecule has 0 radical (unpaired) electrons. The van der Waals surface area contributed by atoms with Gasteiger partial charge in [0.05, 0.1) is 12.4 Å². The van der Waals surface area contributed by atoms with Crippen LogP contribution in [0.15, 0.2) is 24.1 Å². The molecule has 8 heavy (non-hydrogen) atoms. The van der Waals surface area contributed by atoms with E-state index in [1.54, 1.807) is 0 Å². The lowest BCUT2D eigenvalue weighted by Gasteiger charge is -1.88. The van der Waals surface area contributed by atoms with Crippen LogP contribution < -0.4 is 0 Å². The summed E-state index contributed by atoms with van der Waals surface area (Å²) in [6.45, 7) is 4.47. The molecule has 2 heteroatoms. The Kier molecular flexibility index (Phi) is 3.12. The summed E-state index contributed by atoms with van der Waals surface area (Å²) in [7, 11) is 0. The number of hydrogen-bond acceptors (Lipinski definition) is 1. The minimum atomic E-state index is -0.330. The monoisotopic (exact) mass is 116 g/mol. The van der Waals surface area contributed by atoms with Gasteiger partial charge in [0.1, 0.15) is 0 Å². The second kappa shape index (κ2) is 3.38. The molecule has 0 bridgehead atoms. The van der Waals surface area contributed by atoms with Gasteiger partial charge in [-0.15, -0.1) is 0 Å². The summed E-state index contributed by atoms with van der Waals surface area (Å²) in [4.78, 5) is 0. The second-order valence-electron chi connectivity index (χ2n) is 1.55. The van der Waals surface area contributed by atoms with Gasteiger partial charge in [0.2, 0.25) is 0 Å². The van der Waals surface area contributed by atoms with Gasteiger partial charge in [-0.05, 0) is 18.6 Å². The van der Waals surface area contributed by atoms with Gasteiger partial charge >= 0.3 is 0 Å². The molecule has 0 rings (SSSR count). The first-order valence-corrected chi connectivity index (χ1v) is 2.29.